The van der Waals surface area contributed by atoms with Gasteiger partial charge in [0.2, 0.25) is 5.91 Å². The average molecular weight is 346 g/mol. The van der Waals surface area contributed by atoms with Gasteiger partial charge in [0.25, 0.3) is 11.8 Å². The summed E-state index contributed by atoms with van der Waals surface area (Å²) in [5.74, 6) is -0.201. The molecule has 1 aromatic rings. The third kappa shape index (κ3) is 3.20. The predicted octanol–water partition coefficient (Wildman–Crippen LogP) is 2.46. The second-order valence-corrected chi connectivity index (χ2v) is 7.30. The number of carbonyl (C=O) groups excluding carboxylic acids is 3. The molecule has 3 amide bonds. The van der Waals surface area contributed by atoms with E-state index < -0.39 is 6.04 Å². The van der Waals surface area contributed by atoms with Crippen molar-refractivity contribution in [3.8, 4) is 0 Å². The second-order valence-electron chi connectivity index (χ2n) is 6.31. The molecular formula is C18H22N2O3S. The summed E-state index contributed by atoms with van der Waals surface area (Å²) in [7, 11) is 0. The number of hydrogen-bond donors (Lipinski definition) is 1. The number of imide groups is 1. The van der Waals surface area contributed by atoms with Crippen LogP contribution in [0.25, 0.3) is 0 Å². The molecule has 1 aliphatic heterocycles. The molecule has 128 valence electrons. The summed E-state index contributed by atoms with van der Waals surface area (Å²) >= 11 is 1.61. The molecule has 2 aliphatic rings. The van der Waals surface area contributed by atoms with Gasteiger partial charge in [-0.1, -0.05) is 25.0 Å². The van der Waals surface area contributed by atoms with Crippen LogP contribution in [0.4, 0.5) is 0 Å². The second kappa shape index (κ2) is 7.38. The number of nitrogens with zero attached hydrogens (tertiary/aromatic N) is 1. The van der Waals surface area contributed by atoms with Gasteiger partial charge in [-0.3, -0.25) is 19.3 Å². The highest BCUT2D eigenvalue weighted by Crippen LogP contribution is 2.27. The van der Waals surface area contributed by atoms with Gasteiger partial charge in [-0.05, 0) is 43.4 Å². The Morgan fingerprint density at radius 1 is 1.21 bits per heavy atom. The van der Waals surface area contributed by atoms with Crippen molar-refractivity contribution in [3.05, 3.63) is 35.4 Å². The van der Waals surface area contributed by atoms with E-state index >= 15 is 0 Å². The first kappa shape index (κ1) is 17.0. The zero-order valence-corrected chi connectivity index (χ0v) is 14.6. The highest BCUT2D eigenvalue weighted by atomic mass is 32.2. The predicted molar refractivity (Wildman–Crippen MR) is 94.1 cm³/mol. The smallest absolute Gasteiger partial charge is 0.262 e. The number of thioether (sulfide) groups is 1. The number of hydrogen-bond acceptors (Lipinski definition) is 4. The molecule has 1 aliphatic carbocycles. The maximum absolute atomic E-state index is 12.8. The fourth-order valence-corrected chi connectivity index (χ4v) is 3.92. The molecular weight excluding hydrogens is 324 g/mol. The van der Waals surface area contributed by atoms with Crippen molar-refractivity contribution >= 4 is 29.5 Å². The summed E-state index contributed by atoms with van der Waals surface area (Å²) < 4.78 is 0. The molecule has 0 saturated heterocycles. The van der Waals surface area contributed by atoms with Gasteiger partial charge in [0, 0.05) is 6.04 Å². The normalized spacial score (nSPS) is 18.8. The van der Waals surface area contributed by atoms with E-state index in [1.54, 1.807) is 36.0 Å². The molecule has 0 radical (unpaired) electrons. The molecule has 0 unspecified atom stereocenters. The van der Waals surface area contributed by atoms with E-state index in [-0.39, 0.29) is 23.8 Å². The van der Waals surface area contributed by atoms with Gasteiger partial charge in [-0.15, -0.1) is 0 Å². The van der Waals surface area contributed by atoms with E-state index in [2.05, 4.69) is 5.32 Å². The summed E-state index contributed by atoms with van der Waals surface area (Å²) in [6.07, 6.45) is 6.62. The monoisotopic (exact) mass is 346 g/mol. The van der Waals surface area contributed by atoms with E-state index in [1.807, 2.05) is 6.26 Å². The molecule has 0 bridgehead atoms. The van der Waals surface area contributed by atoms with Gasteiger partial charge in [0.1, 0.15) is 6.04 Å². The summed E-state index contributed by atoms with van der Waals surface area (Å²) in [6.45, 7) is 0. The largest absolute Gasteiger partial charge is 0.352 e. The topological polar surface area (TPSA) is 66.5 Å². The lowest BCUT2D eigenvalue weighted by Crippen LogP contribution is -2.51. The number of fused-ring (bicyclic) bond motifs is 1. The fraction of sp³-hybridized carbons (Fsp3) is 0.500. The minimum absolute atomic E-state index is 0.171. The van der Waals surface area contributed by atoms with Gasteiger partial charge in [0.05, 0.1) is 11.1 Å². The SMILES string of the molecule is CSCC[C@@H](C(=O)NC1CCCC1)N1C(=O)c2ccccc2C1=O. The van der Waals surface area contributed by atoms with Crippen LogP contribution >= 0.6 is 11.8 Å². The van der Waals surface area contributed by atoms with Gasteiger partial charge in [-0.2, -0.15) is 11.8 Å². The third-order valence-electron chi connectivity index (χ3n) is 4.74. The van der Waals surface area contributed by atoms with Crippen molar-refractivity contribution < 1.29 is 14.4 Å². The first-order valence-electron chi connectivity index (χ1n) is 8.39. The Balaban J connectivity index is 1.82. The van der Waals surface area contributed by atoms with Crippen LogP contribution < -0.4 is 5.32 Å². The number of amides is 3. The van der Waals surface area contributed by atoms with E-state index in [9.17, 15) is 14.4 Å². The molecule has 0 aromatic heterocycles. The summed E-state index contributed by atoms with van der Waals surface area (Å²) in [5, 5.41) is 3.04. The van der Waals surface area contributed by atoms with Crippen molar-refractivity contribution in [2.75, 3.05) is 12.0 Å². The fourth-order valence-electron chi connectivity index (χ4n) is 3.47. The molecule has 24 heavy (non-hydrogen) atoms. The molecule has 6 heteroatoms. The van der Waals surface area contributed by atoms with Crippen LogP contribution in [0.1, 0.15) is 52.8 Å². The number of rotatable bonds is 6. The lowest BCUT2D eigenvalue weighted by Gasteiger charge is -2.26. The molecule has 5 nitrogen and oxygen atoms in total. The summed E-state index contributed by atoms with van der Waals surface area (Å²) in [5.41, 5.74) is 0.788. The number of benzene rings is 1. The van der Waals surface area contributed by atoms with Crippen molar-refractivity contribution in [1.82, 2.24) is 10.2 Å². The molecule has 1 atom stereocenters. The Kier molecular flexibility index (Phi) is 5.23. The molecule has 1 fully saturated rings. The van der Waals surface area contributed by atoms with Crippen LogP contribution in [0, 0.1) is 0 Å². The van der Waals surface area contributed by atoms with Gasteiger partial charge in [-0.25, -0.2) is 0 Å². The average Bonchev–Trinajstić information content (AvgIpc) is 3.18. The quantitative estimate of drug-likeness (QED) is 0.804. The van der Waals surface area contributed by atoms with E-state index in [4.69, 9.17) is 0 Å². The van der Waals surface area contributed by atoms with E-state index in [0.29, 0.717) is 17.5 Å². The lowest BCUT2D eigenvalue weighted by atomic mass is 10.1. The molecule has 1 saturated carbocycles. The Labute approximate surface area is 146 Å². The van der Waals surface area contributed by atoms with Gasteiger partial charge in [0.15, 0.2) is 0 Å². The third-order valence-corrected chi connectivity index (χ3v) is 5.38. The Hall–Kier alpha value is -1.82. The molecule has 3 rings (SSSR count). The van der Waals surface area contributed by atoms with Crippen LogP contribution in [0.15, 0.2) is 24.3 Å². The highest BCUT2D eigenvalue weighted by molar-refractivity contribution is 7.98. The zero-order chi connectivity index (χ0) is 17.1. The minimum atomic E-state index is -0.731. The maximum Gasteiger partial charge on any atom is 0.262 e. The first-order valence-corrected chi connectivity index (χ1v) is 9.79. The van der Waals surface area contributed by atoms with Crippen LogP contribution in [-0.4, -0.2) is 46.7 Å². The van der Waals surface area contributed by atoms with Crippen molar-refractivity contribution in [1.29, 1.82) is 0 Å². The van der Waals surface area contributed by atoms with Crippen LogP contribution in [0.5, 0.6) is 0 Å². The molecule has 0 spiro atoms. The van der Waals surface area contributed by atoms with Gasteiger partial charge >= 0.3 is 0 Å². The van der Waals surface area contributed by atoms with Crippen molar-refractivity contribution in [2.45, 2.75) is 44.2 Å². The van der Waals surface area contributed by atoms with Crippen molar-refractivity contribution in [2.24, 2.45) is 0 Å². The molecule has 1 aromatic carbocycles. The highest BCUT2D eigenvalue weighted by Gasteiger charge is 2.42. The lowest BCUT2D eigenvalue weighted by molar-refractivity contribution is -0.125. The maximum atomic E-state index is 12.8. The minimum Gasteiger partial charge on any atom is -0.352 e. The Morgan fingerprint density at radius 2 is 1.79 bits per heavy atom. The standard InChI is InChI=1S/C18H22N2O3S/c1-24-11-10-15(16(21)19-12-6-2-3-7-12)20-17(22)13-8-4-5-9-14(13)18(20)23/h4-5,8-9,12,15H,2-3,6-7,10-11H2,1H3,(H,19,21)/t15-/m0/s1. The Morgan fingerprint density at radius 3 is 2.33 bits per heavy atom. The summed E-state index contributed by atoms with van der Waals surface area (Å²) in [6, 6.07) is 6.22. The van der Waals surface area contributed by atoms with Crippen LogP contribution in [0.2, 0.25) is 0 Å². The van der Waals surface area contributed by atoms with Crippen LogP contribution in [-0.2, 0) is 4.79 Å². The zero-order valence-electron chi connectivity index (χ0n) is 13.8. The van der Waals surface area contributed by atoms with Crippen LogP contribution in [0.3, 0.4) is 0 Å². The number of nitrogens with one attached hydrogen (secondary N) is 1. The molecule has 1 N–H and O–H groups in total. The summed E-state index contributed by atoms with van der Waals surface area (Å²) in [4.78, 5) is 39.3. The number of carbonyl (C=O) groups is 3. The van der Waals surface area contributed by atoms with E-state index in [1.165, 1.54) is 0 Å². The van der Waals surface area contributed by atoms with E-state index in [0.717, 1.165) is 36.3 Å². The van der Waals surface area contributed by atoms with Crippen molar-refractivity contribution in [3.63, 3.8) is 0 Å². The van der Waals surface area contributed by atoms with Gasteiger partial charge < -0.3 is 5.32 Å². The first-order chi connectivity index (χ1) is 11.6. The Bertz CT molecular complexity index is 620. The molecule has 1 heterocycles.